The first-order valence-electron chi connectivity index (χ1n) is 8.43. The molecule has 0 bridgehead atoms. The zero-order valence-electron chi connectivity index (χ0n) is 16.5. The highest BCUT2D eigenvalue weighted by Crippen LogP contribution is 2.36. The van der Waals surface area contributed by atoms with Crippen LogP contribution >= 0.6 is 0 Å². The van der Waals surface area contributed by atoms with E-state index >= 15 is 0 Å². The second kappa shape index (κ2) is 8.56. The molecule has 7 nitrogen and oxygen atoms in total. The summed E-state index contributed by atoms with van der Waals surface area (Å²) in [7, 11) is 2.81. The summed E-state index contributed by atoms with van der Waals surface area (Å²) in [5, 5.41) is 0.405. The van der Waals surface area contributed by atoms with Gasteiger partial charge in [0.2, 0.25) is 5.78 Å². The van der Waals surface area contributed by atoms with Crippen LogP contribution in [-0.4, -0.2) is 32.1 Å². The Morgan fingerprint density at radius 2 is 1.75 bits per heavy atom. The number of carbonyl (C=O) groups is 2. The number of carbonyl (C=O) groups excluding carboxylic acids is 2. The minimum absolute atomic E-state index is 0.0155. The van der Waals surface area contributed by atoms with Gasteiger partial charge >= 0.3 is 11.6 Å². The molecule has 0 aliphatic carbocycles. The fraction of sp³-hybridized carbons (Fsp3) is 0.286. The third kappa shape index (κ3) is 4.31. The molecule has 1 aromatic carbocycles. The molecule has 0 fully saturated rings. The van der Waals surface area contributed by atoms with Crippen LogP contribution in [0.25, 0.3) is 11.0 Å². The maximum absolute atomic E-state index is 13.3. The van der Waals surface area contributed by atoms with Crippen LogP contribution in [-0.2, 0) is 9.53 Å². The van der Waals surface area contributed by atoms with Crippen LogP contribution in [0.3, 0.4) is 0 Å². The summed E-state index contributed by atoms with van der Waals surface area (Å²) in [6.07, 6.45) is -0.00807. The van der Waals surface area contributed by atoms with Gasteiger partial charge in [0.25, 0.3) is 0 Å². The van der Waals surface area contributed by atoms with Crippen LogP contribution < -0.4 is 15.1 Å². The van der Waals surface area contributed by atoms with Crippen molar-refractivity contribution in [3.05, 3.63) is 58.0 Å². The average Bonchev–Trinajstić information content (AvgIpc) is 2.63. The van der Waals surface area contributed by atoms with E-state index in [-0.39, 0.29) is 16.9 Å². The van der Waals surface area contributed by atoms with Crippen molar-refractivity contribution in [3.63, 3.8) is 0 Å². The Morgan fingerprint density at radius 1 is 1.11 bits per heavy atom. The number of hydrogen-bond donors (Lipinski definition) is 0. The molecule has 0 aliphatic heterocycles. The van der Waals surface area contributed by atoms with Gasteiger partial charge in [0.05, 0.1) is 19.6 Å². The summed E-state index contributed by atoms with van der Waals surface area (Å²) < 4.78 is 21.2. The third-order valence-corrected chi connectivity index (χ3v) is 3.85. The standard InChI is InChI=1S/C21H22O7/c1-11(2)9-17(23)28-20(12(3)4)19(24)18-15(26-6)10-14(25-5)13-7-8-16(22)27-21(13)18/h7-10,20H,3H2,1-2,4-6H3/t20-/m1/s1. The lowest BCUT2D eigenvalue weighted by molar-refractivity contribution is -0.139. The van der Waals surface area contributed by atoms with E-state index in [0.717, 1.165) is 5.57 Å². The van der Waals surface area contributed by atoms with E-state index in [1.807, 2.05) is 0 Å². The number of methoxy groups -OCH3 is 2. The highest BCUT2D eigenvalue weighted by atomic mass is 16.5. The summed E-state index contributed by atoms with van der Waals surface area (Å²) >= 11 is 0. The molecule has 0 unspecified atom stereocenters. The van der Waals surface area contributed by atoms with E-state index in [0.29, 0.717) is 16.7 Å². The Balaban J connectivity index is 2.69. The van der Waals surface area contributed by atoms with E-state index in [2.05, 4.69) is 6.58 Å². The van der Waals surface area contributed by atoms with Gasteiger partial charge in [0.1, 0.15) is 17.1 Å². The van der Waals surface area contributed by atoms with Crippen LogP contribution in [0.4, 0.5) is 0 Å². The first kappa shape index (κ1) is 21.0. The van der Waals surface area contributed by atoms with Crippen LogP contribution in [0.1, 0.15) is 31.1 Å². The van der Waals surface area contributed by atoms with Crippen molar-refractivity contribution in [3.8, 4) is 11.5 Å². The molecule has 0 saturated carbocycles. The van der Waals surface area contributed by atoms with Crippen LogP contribution in [0.2, 0.25) is 0 Å². The number of ketones is 1. The Labute approximate surface area is 162 Å². The quantitative estimate of drug-likeness (QED) is 0.237. The van der Waals surface area contributed by atoms with E-state index in [9.17, 15) is 14.4 Å². The first-order chi connectivity index (χ1) is 13.2. The van der Waals surface area contributed by atoms with Crippen LogP contribution in [0.5, 0.6) is 11.5 Å². The minimum atomic E-state index is -1.28. The molecule has 1 aromatic heterocycles. The van der Waals surface area contributed by atoms with E-state index in [4.69, 9.17) is 18.6 Å². The lowest BCUT2D eigenvalue weighted by Crippen LogP contribution is -2.28. The number of ether oxygens (including phenoxy) is 3. The van der Waals surface area contributed by atoms with E-state index in [1.54, 1.807) is 20.8 Å². The van der Waals surface area contributed by atoms with Gasteiger partial charge in [-0.05, 0) is 32.4 Å². The summed E-state index contributed by atoms with van der Waals surface area (Å²) in [5.41, 5.74) is 0.332. The molecule has 2 rings (SSSR count). The fourth-order valence-corrected chi connectivity index (χ4v) is 2.64. The molecule has 1 heterocycles. The maximum Gasteiger partial charge on any atom is 0.336 e. The molecule has 0 N–H and O–H groups in total. The summed E-state index contributed by atoms with van der Waals surface area (Å²) in [5.74, 6) is -0.824. The molecule has 7 heteroatoms. The molecule has 2 aromatic rings. The molecular weight excluding hydrogens is 364 g/mol. The van der Waals surface area contributed by atoms with Gasteiger partial charge in [0.15, 0.2) is 11.7 Å². The van der Waals surface area contributed by atoms with E-state index in [1.165, 1.54) is 38.5 Å². The van der Waals surface area contributed by atoms with Gasteiger partial charge in [-0.3, -0.25) is 4.79 Å². The molecule has 1 atom stereocenters. The zero-order valence-corrected chi connectivity index (χ0v) is 16.5. The second-order valence-electron chi connectivity index (χ2n) is 6.40. The van der Waals surface area contributed by atoms with Crippen LogP contribution in [0.15, 0.2) is 51.2 Å². The Morgan fingerprint density at radius 3 is 2.29 bits per heavy atom. The van der Waals surface area contributed by atoms with Crippen molar-refractivity contribution in [2.75, 3.05) is 14.2 Å². The third-order valence-electron chi connectivity index (χ3n) is 3.85. The number of rotatable bonds is 7. The number of fused-ring (bicyclic) bond motifs is 1. The second-order valence-corrected chi connectivity index (χ2v) is 6.40. The minimum Gasteiger partial charge on any atom is -0.496 e. The monoisotopic (exact) mass is 386 g/mol. The molecule has 0 radical (unpaired) electrons. The summed E-state index contributed by atoms with van der Waals surface area (Å²) in [4.78, 5) is 37.1. The maximum atomic E-state index is 13.3. The van der Waals surface area contributed by atoms with Crippen molar-refractivity contribution in [1.82, 2.24) is 0 Å². The lowest BCUT2D eigenvalue weighted by Gasteiger charge is -2.19. The van der Waals surface area contributed by atoms with Gasteiger partial charge in [-0.2, -0.15) is 0 Å². The number of esters is 1. The summed E-state index contributed by atoms with van der Waals surface area (Å²) in [6, 6.07) is 4.21. The lowest BCUT2D eigenvalue weighted by atomic mass is 9.98. The average molecular weight is 386 g/mol. The van der Waals surface area contributed by atoms with E-state index < -0.39 is 23.5 Å². The first-order valence-corrected chi connectivity index (χ1v) is 8.43. The molecular formula is C21H22O7. The normalized spacial score (nSPS) is 11.5. The molecule has 28 heavy (non-hydrogen) atoms. The highest BCUT2D eigenvalue weighted by molar-refractivity contribution is 6.13. The van der Waals surface area contributed by atoms with Crippen molar-refractivity contribution < 1.29 is 28.2 Å². The number of benzene rings is 1. The van der Waals surface area contributed by atoms with Crippen LogP contribution in [0, 0.1) is 0 Å². The molecule has 0 spiro atoms. The van der Waals surface area contributed by atoms with Gasteiger partial charge in [-0.15, -0.1) is 0 Å². The smallest absolute Gasteiger partial charge is 0.336 e. The van der Waals surface area contributed by atoms with Crippen molar-refractivity contribution in [1.29, 1.82) is 0 Å². The predicted octanol–water partition coefficient (Wildman–Crippen LogP) is 3.45. The Bertz CT molecular complexity index is 1020. The van der Waals surface area contributed by atoms with Crippen molar-refractivity contribution in [2.24, 2.45) is 0 Å². The fourth-order valence-electron chi connectivity index (χ4n) is 2.64. The molecule has 148 valence electrons. The Kier molecular flexibility index (Phi) is 6.41. The SMILES string of the molecule is C=C(C)[C@@H](OC(=O)C=C(C)C)C(=O)c1c(OC)cc(OC)c2ccc(=O)oc12. The molecule has 0 saturated heterocycles. The van der Waals surface area contributed by atoms with Crippen molar-refractivity contribution >= 4 is 22.7 Å². The number of Topliss-reactive ketones (excluding diaryl/α,β-unsaturated/α-hetero) is 1. The van der Waals surface area contributed by atoms with Gasteiger partial charge < -0.3 is 18.6 Å². The zero-order chi connectivity index (χ0) is 21.0. The number of hydrogen-bond acceptors (Lipinski definition) is 7. The number of allylic oxidation sites excluding steroid dienone is 1. The highest BCUT2D eigenvalue weighted by Gasteiger charge is 2.31. The van der Waals surface area contributed by atoms with Gasteiger partial charge in [0, 0.05) is 18.2 Å². The van der Waals surface area contributed by atoms with Gasteiger partial charge in [-0.1, -0.05) is 12.2 Å². The largest absolute Gasteiger partial charge is 0.496 e. The molecule has 0 aliphatic rings. The van der Waals surface area contributed by atoms with Gasteiger partial charge in [-0.25, -0.2) is 9.59 Å². The summed E-state index contributed by atoms with van der Waals surface area (Å²) in [6.45, 7) is 8.77. The topological polar surface area (TPSA) is 92.0 Å². The Hall–Kier alpha value is -3.35. The predicted molar refractivity (Wildman–Crippen MR) is 104 cm³/mol. The molecule has 0 amide bonds. The van der Waals surface area contributed by atoms with Crippen molar-refractivity contribution in [2.45, 2.75) is 26.9 Å².